The van der Waals surface area contributed by atoms with Crippen molar-refractivity contribution in [2.45, 2.75) is 13.8 Å². The summed E-state index contributed by atoms with van der Waals surface area (Å²) >= 11 is 0. The fourth-order valence-corrected chi connectivity index (χ4v) is 1.88. The minimum atomic E-state index is -1.05. The molecular formula is C13H13N3O2. The Balaban J connectivity index is 2.78. The van der Waals surface area contributed by atoms with Crippen LogP contribution in [0.4, 0.5) is 5.95 Å². The predicted octanol–water partition coefficient (Wildman–Crippen LogP) is 2.04. The predicted molar refractivity (Wildman–Crippen MR) is 68.3 cm³/mol. The van der Waals surface area contributed by atoms with Gasteiger partial charge in [-0.05, 0) is 19.4 Å². The Labute approximate surface area is 104 Å². The van der Waals surface area contributed by atoms with Crippen LogP contribution >= 0.6 is 0 Å². The molecule has 0 bridgehead atoms. The van der Waals surface area contributed by atoms with Crippen molar-refractivity contribution in [1.82, 2.24) is 9.97 Å². The van der Waals surface area contributed by atoms with Crippen molar-refractivity contribution in [3.8, 4) is 11.3 Å². The molecule has 0 amide bonds. The number of anilines is 1. The lowest BCUT2D eigenvalue weighted by Crippen LogP contribution is -2.10. The average molecular weight is 243 g/mol. The number of aromatic nitrogens is 2. The molecule has 0 unspecified atom stereocenters. The fourth-order valence-electron chi connectivity index (χ4n) is 1.88. The van der Waals surface area contributed by atoms with E-state index in [2.05, 4.69) is 9.97 Å². The molecular weight excluding hydrogens is 230 g/mol. The number of carboxylic acids is 1. The van der Waals surface area contributed by atoms with Gasteiger partial charge in [-0.25, -0.2) is 14.8 Å². The molecule has 5 heteroatoms. The molecule has 18 heavy (non-hydrogen) atoms. The third-order valence-electron chi connectivity index (χ3n) is 2.72. The van der Waals surface area contributed by atoms with Crippen molar-refractivity contribution in [3.63, 3.8) is 0 Å². The minimum Gasteiger partial charge on any atom is -0.478 e. The van der Waals surface area contributed by atoms with Gasteiger partial charge in [0.2, 0.25) is 5.95 Å². The number of nitrogen functional groups attached to an aromatic ring is 1. The lowest BCUT2D eigenvalue weighted by Gasteiger charge is -2.10. The van der Waals surface area contributed by atoms with Crippen LogP contribution in [0.15, 0.2) is 24.3 Å². The highest BCUT2D eigenvalue weighted by atomic mass is 16.4. The summed E-state index contributed by atoms with van der Waals surface area (Å²) in [4.78, 5) is 19.3. The maximum atomic E-state index is 11.3. The summed E-state index contributed by atoms with van der Waals surface area (Å²) in [5.41, 5.74) is 8.13. The topological polar surface area (TPSA) is 89.1 Å². The van der Waals surface area contributed by atoms with Crippen LogP contribution in [0.3, 0.4) is 0 Å². The number of aryl methyl sites for hydroxylation is 2. The van der Waals surface area contributed by atoms with E-state index >= 15 is 0 Å². The number of nitrogens with zero attached hydrogens (tertiary/aromatic N) is 2. The molecule has 0 spiro atoms. The van der Waals surface area contributed by atoms with Gasteiger partial charge in [0, 0.05) is 5.56 Å². The van der Waals surface area contributed by atoms with E-state index < -0.39 is 5.97 Å². The molecule has 0 aliphatic carbocycles. The third-order valence-corrected chi connectivity index (χ3v) is 2.72. The Morgan fingerprint density at radius 3 is 2.50 bits per heavy atom. The zero-order valence-corrected chi connectivity index (χ0v) is 10.1. The first-order chi connectivity index (χ1) is 8.50. The standard InChI is InChI=1S/C13H13N3O2/c1-7-5-3-4-6-9(7)11-10(12(17)18)8(2)15-13(14)16-11/h3-6H,1-2H3,(H,17,18)(H2,14,15,16). The van der Waals surface area contributed by atoms with E-state index in [0.29, 0.717) is 11.4 Å². The SMILES string of the molecule is Cc1ccccc1-c1nc(N)nc(C)c1C(=O)O. The number of carboxylic acid groups (broad SMARTS) is 1. The highest BCUT2D eigenvalue weighted by Gasteiger charge is 2.19. The van der Waals surface area contributed by atoms with Crippen LogP contribution in [-0.4, -0.2) is 21.0 Å². The first-order valence-electron chi connectivity index (χ1n) is 5.44. The maximum absolute atomic E-state index is 11.3. The van der Waals surface area contributed by atoms with E-state index in [4.69, 9.17) is 5.73 Å². The molecule has 0 aliphatic rings. The fraction of sp³-hybridized carbons (Fsp3) is 0.154. The van der Waals surface area contributed by atoms with Crippen LogP contribution in [-0.2, 0) is 0 Å². The second-order valence-corrected chi connectivity index (χ2v) is 4.01. The van der Waals surface area contributed by atoms with Crippen LogP contribution in [0.1, 0.15) is 21.6 Å². The minimum absolute atomic E-state index is 0.0794. The number of hydrogen-bond acceptors (Lipinski definition) is 4. The molecule has 0 saturated carbocycles. The molecule has 1 aromatic heterocycles. The van der Waals surface area contributed by atoms with Gasteiger partial charge in [0.05, 0.1) is 11.4 Å². The van der Waals surface area contributed by atoms with Crippen molar-refractivity contribution in [3.05, 3.63) is 41.1 Å². The molecule has 3 N–H and O–H groups in total. The summed E-state index contributed by atoms with van der Waals surface area (Å²) in [6.07, 6.45) is 0. The second-order valence-electron chi connectivity index (χ2n) is 4.01. The highest BCUT2D eigenvalue weighted by molar-refractivity contribution is 5.96. The van der Waals surface area contributed by atoms with Crippen LogP contribution in [0, 0.1) is 13.8 Å². The van der Waals surface area contributed by atoms with Gasteiger partial charge in [-0.1, -0.05) is 24.3 Å². The Bertz CT molecular complexity index is 624. The van der Waals surface area contributed by atoms with Gasteiger partial charge >= 0.3 is 5.97 Å². The number of hydrogen-bond donors (Lipinski definition) is 2. The summed E-state index contributed by atoms with van der Waals surface area (Å²) in [6, 6.07) is 7.44. The molecule has 92 valence electrons. The zero-order valence-electron chi connectivity index (χ0n) is 10.1. The van der Waals surface area contributed by atoms with Crippen LogP contribution in [0.2, 0.25) is 0 Å². The zero-order chi connectivity index (χ0) is 13.3. The van der Waals surface area contributed by atoms with Crippen LogP contribution < -0.4 is 5.73 Å². The largest absolute Gasteiger partial charge is 0.478 e. The lowest BCUT2D eigenvalue weighted by molar-refractivity contribution is 0.0696. The Kier molecular flexibility index (Phi) is 2.97. The number of rotatable bonds is 2. The third kappa shape index (κ3) is 2.02. The number of aromatic carboxylic acids is 1. The smallest absolute Gasteiger partial charge is 0.339 e. The normalized spacial score (nSPS) is 10.3. The summed E-state index contributed by atoms with van der Waals surface area (Å²) in [7, 11) is 0. The lowest BCUT2D eigenvalue weighted by atomic mass is 10.0. The van der Waals surface area contributed by atoms with E-state index in [1.807, 2.05) is 31.2 Å². The van der Waals surface area contributed by atoms with Gasteiger partial charge < -0.3 is 10.8 Å². The Hall–Kier alpha value is -2.43. The monoisotopic (exact) mass is 243 g/mol. The van der Waals surface area contributed by atoms with Crippen LogP contribution in [0.5, 0.6) is 0 Å². The Morgan fingerprint density at radius 1 is 1.22 bits per heavy atom. The number of nitrogens with two attached hydrogens (primary N) is 1. The van der Waals surface area contributed by atoms with E-state index in [0.717, 1.165) is 11.1 Å². The number of benzene rings is 1. The summed E-state index contributed by atoms with van der Waals surface area (Å²) in [5.74, 6) is -0.971. The quantitative estimate of drug-likeness (QED) is 0.842. The molecule has 2 rings (SSSR count). The van der Waals surface area contributed by atoms with Gasteiger partial charge in [-0.2, -0.15) is 0 Å². The molecule has 1 heterocycles. The summed E-state index contributed by atoms with van der Waals surface area (Å²) in [5, 5.41) is 9.27. The number of carbonyl (C=O) groups is 1. The highest BCUT2D eigenvalue weighted by Crippen LogP contribution is 2.26. The van der Waals surface area contributed by atoms with Gasteiger partial charge in [-0.15, -0.1) is 0 Å². The van der Waals surface area contributed by atoms with Crippen molar-refractivity contribution < 1.29 is 9.90 Å². The molecule has 0 radical (unpaired) electrons. The molecule has 0 saturated heterocycles. The second kappa shape index (κ2) is 4.44. The molecule has 0 atom stereocenters. The average Bonchev–Trinajstić information content (AvgIpc) is 2.27. The molecule has 5 nitrogen and oxygen atoms in total. The maximum Gasteiger partial charge on any atom is 0.339 e. The van der Waals surface area contributed by atoms with Gasteiger partial charge in [0.15, 0.2) is 0 Å². The van der Waals surface area contributed by atoms with Gasteiger partial charge in [0.1, 0.15) is 5.56 Å². The van der Waals surface area contributed by atoms with E-state index in [-0.39, 0.29) is 11.5 Å². The molecule has 2 aromatic rings. The van der Waals surface area contributed by atoms with Gasteiger partial charge in [-0.3, -0.25) is 0 Å². The Morgan fingerprint density at radius 2 is 1.89 bits per heavy atom. The van der Waals surface area contributed by atoms with Crippen molar-refractivity contribution in [2.24, 2.45) is 0 Å². The first kappa shape index (κ1) is 12.0. The van der Waals surface area contributed by atoms with Crippen molar-refractivity contribution in [1.29, 1.82) is 0 Å². The van der Waals surface area contributed by atoms with Crippen molar-refractivity contribution in [2.75, 3.05) is 5.73 Å². The van der Waals surface area contributed by atoms with E-state index in [1.54, 1.807) is 6.92 Å². The molecule has 0 fully saturated rings. The first-order valence-corrected chi connectivity index (χ1v) is 5.44. The summed E-state index contributed by atoms with van der Waals surface area (Å²) < 4.78 is 0. The van der Waals surface area contributed by atoms with Crippen molar-refractivity contribution >= 4 is 11.9 Å². The molecule has 0 aliphatic heterocycles. The van der Waals surface area contributed by atoms with E-state index in [1.165, 1.54) is 0 Å². The summed E-state index contributed by atoms with van der Waals surface area (Å²) in [6.45, 7) is 3.51. The van der Waals surface area contributed by atoms with Gasteiger partial charge in [0.25, 0.3) is 0 Å². The van der Waals surface area contributed by atoms with Crippen LogP contribution in [0.25, 0.3) is 11.3 Å². The van der Waals surface area contributed by atoms with E-state index in [9.17, 15) is 9.90 Å². The molecule has 1 aromatic carbocycles.